The molecular formula is C32H38ClN3O4S. The minimum atomic E-state index is -4.10. The maximum atomic E-state index is 14.2. The highest BCUT2D eigenvalue weighted by Gasteiger charge is 2.35. The fourth-order valence-electron chi connectivity index (χ4n) is 5.36. The Morgan fingerprint density at radius 1 is 0.927 bits per heavy atom. The zero-order chi connectivity index (χ0) is 29.4. The van der Waals surface area contributed by atoms with Crippen molar-refractivity contribution in [1.29, 1.82) is 0 Å². The second-order valence-electron chi connectivity index (χ2n) is 10.4. The molecule has 1 fully saturated rings. The highest BCUT2D eigenvalue weighted by atomic mass is 35.5. The van der Waals surface area contributed by atoms with Gasteiger partial charge in [0.15, 0.2) is 0 Å². The Hall–Kier alpha value is -3.36. The molecule has 1 saturated carbocycles. The van der Waals surface area contributed by atoms with Crippen LogP contribution in [0, 0.1) is 0 Å². The number of para-hydroxylation sites is 1. The van der Waals surface area contributed by atoms with E-state index >= 15 is 0 Å². The van der Waals surface area contributed by atoms with Crippen molar-refractivity contribution in [3.8, 4) is 0 Å². The lowest BCUT2D eigenvalue weighted by molar-refractivity contribution is -0.140. The summed E-state index contributed by atoms with van der Waals surface area (Å²) < 4.78 is 29.2. The third-order valence-corrected chi connectivity index (χ3v) is 9.63. The van der Waals surface area contributed by atoms with Crippen LogP contribution in [-0.4, -0.2) is 43.8 Å². The molecule has 0 saturated heterocycles. The van der Waals surface area contributed by atoms with E-state index in [1.165, 1.54) is 21.3 Å². The van der Waals surface area contributed by atoms with Crippen LogP contribution in [0.2, 0.25) is 5.02 Å². The number of carbonyl (C=O) groups excluding carboxylic acids is 2. The van der Waals surface area contributed by atoms with Crippen molar-refractivity contribution < 1.29 is 18.0 Å². The molecule has 0 bridgehead atoms. The maximum Gasteiger partial charge on any atom is 0.264 e. The van der Waals surface area contributed by atoms with Gasteiger partial charge in [0.2, 0.25) is 11.8 Å². The zero-order valence-electron chi connectivity index (χ0n) is 23.6. The number of nitrogens with zero attached hydrogens (tertiary/aromatic N) is 2. The lowest BCUT2D eigenvalue weighted by Gasteiger charge is -2.34. The van der Waals surface area contributed by atoms with Crippen molar-refractivity contribution in [2.75, 3.05) is 10.8 Å². The highest BCUT2D eigenvalue weighted by Crippen LogP contribution is 2.28. The van der Waals surface area contributed by atoms with Gasteiger partial charge in [-0.1, -0.05) is 86.8 Å². The summed E-state index contributed by atoms with van der Waals surface area (Å²) in [6, 6.07) is 21.8. The van der Waals surface area contributed by atoms with Gasteiger partial charge in [0, 0.05) is 17.6 Å². The molecule has 7 nitrogen and oxygen atoms in total. The van der Waals surface area contributed by atoms with Crippen molar-refractivity contribution in [1.82, 2.24) is 10.2 Å². The third-order valence-electron chi connectivity index (χ3n) is 7.60. The standard InChI is InChI=1S/C32H38ClN3O4S/c1-3-25-12-8-11-17-30(25)36(41(39,40)28-15-6-5-7-16-28)23-31(37)35(22-24-18-20-26(33)21-19-24)29(4-2)32(38)34-27-13-9-10-14-27/h5-8,11-12,15-21,27,29H,3-4,9-10,13-14,22-23H2,1-2H3,(H,34,38). The minimum Gasteiger partial charge on any atom is -0.352 e. The average Bonchev–Trinajstić information content (AvgIpc) is 3.50. The quantitative estimate of drug-likeness (QED) is 0.280. The molecule has 1 unspecified atom stereocenters. The first-order chi connectivity index (χ1) is 19.7. The summed E-state index contributed by atoms with van der Waals surface area (Å²) in [6.07, 6.45) is 4.95. The summed E-state index contributed by atoms with van der Waals surface area (Å²) in [5, 5.41) is 3.70. The van der Waals surface area contributed by atoms with Gasteiger partial charge < -0.3 is 10.2 Å². The van der Waals surface area contributed by atoms with E-state index in [9.17, 15) is 18.0 Å². The molecule has 3 aromatic carbocycles. The number of anilines is 1. The van der Waals surface area contributed by atoms with E-state index in [4.69, 9.17) is 11.6 Å². The van der Waals surface area contributed by atoms with Crippen LogP contribution in [0.25, 0.3) is 0 Å². The normalized spacial score (nSPS) is 14.4. The van der Waals surface area contributed by atoms with Gasteiger partial charge in [-0.2, -0.15) is 0 Å². The van der Waals surface area contributed by atoms with Crippen LogP contribution in [-0.2, 0) is 32.6 Å². The molecule has 218 valence electrons. The summed E-state index contributed by atoms with van der Waals surface area (Å²) in [6.45, 7) is 3.50. The largest absolute Gasteiger partial charge is 0.352 e. The number of benzene rings is 3. The molecule has 41 heavy (non-hydrogen) atoms. The topological polar surface area (TPSA) is 86.8 Å². The number of hydrogen-bond donors (Lipinski definition) is 1. The van der Waals surface area contributed by atoms with Crippen LogP contribution in [0.15, 0.2) is 83.8 Å². The second kappa shape index (κ2) is 14.0. The van der Waals surface area contributed by atoms with Gasteiger partial charge in [-0.25, -0.2) is 8.42 Å². The first-order valence-corrected chi connectivity index (χ1v) is 16.1. The van der Waals surface area contributed by atoms with Crippen LogP contribution in [0.5, 0.6) is 0 Å². The van der Waals surface area contributed by atoms with Crippen molar-refractivity contribution >= 4 is 39.1 Å². The summed E-state index contributed by atoms with van der Waals surface area (Å²) in [5.74, 6) is -0.674. The molecule has 1 N–H and O–H groups in total. The van der Waals surface area contributed by atoms with E-state index in [1.54, 1.807) is 42.5 Å². The monoisotopic (exact) mass is 595 g/mol. The summed E-state index contributed by atoms with van der Waals surface area (Å²) in [4.78, 5) is 29.4. The van der Waals surface area contributed by atoms with Crippen LogP contribution in [0.3, 0.4) is 0 Å². The summed E-state index contributed by atoms with van der Waals surface area (Å²) >= 11 is 6.10. The lowest BCUT2D eigenvalue weighted by atomic mass is 10.1. The van der Waals surface area contributed by atoms with Crippen molar-refractivity contribution in [2.24, 2.45) is 0 Å². The van der Waals surface area contributed by atoms with Gasteiger partial charge in [0.05, 0.1) is 10.6 Å². The van der Waals surface area contributed by atoms with Crippen LogP contribution in [0.4, 0.5) is 5.69 Å². The molecule has 1 aliphatic carbocycles. The van der Waals surface area contributed by atoms with Gasteiger partial charge in [0.25, 0.3) is 10.0 Å². The Morgan fingerprint density at radius 2 is 1.56 bits per heavy atom. The summed E-state index contributed by atoms with van der Waals surface area (Å²) in [7, 11) is -4.10. The molecule has 9 heteroatoms. The smallest absolute Gasteiger partial charge is 0.264 e. The van der Waals surface area contributed by atoms with E-state index < -0.39 is 28.5 Å². The molecule has 0 spiro atoms. The van der Waals surface area contributed by atoms with E-state index in [0.717, 1.165) is 36.8 Å². The maximum absolute atomic E-state index is 14.2. The molecule has 3 aromatic rings. The summed E-state index contributed by atoms with van der Waals surface area (Å²) in [5.41, 5.74) is 2.04. The Kier molecular flexibility index (Phi) is 10.5. The molecule has 2 amide bonds. The first kappa shape index (κ1) is 30.6. The van der Waals surface area contributed by atoms with Crippen molar-refractivity contribution in [2.45, 2.75) is 75.9 Å². The molecule has 1 atom stereocenters. The van der Waals surface area contributed by atoms with Gasteiger partial charge in [-0.3, -0.25) is 13.9 Å². The van der Waals surface area contributed by atoms with E-state index in [2.05, 4.69) is 5.32 Å². The Labute approximate surface area is 248 Å². The highest BCUT2D eigenvalue weighted by molar-refractivity contribution is 7.92. The molecule has 0 radical (unpaired) electrons. The zero-order valence-corrected chi connectivity index (χ0v) is 25.2. The first-order valence-electron chi connectivity index (χ1n) is 14.2. The third kappa shape index (κ3) is 7.49. The van der Waals surface area contributed by atoms with Gasteiger partial charge in [-0.15, -0.1) is 0 Å². The van der Waals surface area contributed by atoms with Gasteiger partial charge in [-0.05, 0) is 67.1 Å². The molecule has 0 aliphatic heterocycles. The Balaban J connectivity index is 1.73. The van der Waals surface area contributed by atoms with Gasteiger partial charge in [0.1, 0.15) is 12.6 Å². The van der Waals surface area contributed by atoms with Gasteiger partial charge >= 0.3 is 0 Å². The van der Waals surface area contributed by atoms with Crippen LogP contribution in [0.1, 0.15) is 57.1 Å². The predicted octanol–water partition coefficient (Wildman–Crippen LogP) is 5.96. The SMILES string of the molecule is CCc1ccccc1N(CC(=O)N(Cc1ccc(Cl)cc1)C(CC)C(=O)NC1CCCC1)S(=O)(=O)c1ccccc1. The number of amides is 2. The molecule has 0 heterocycles. The van der Waals surface area contributed by atoms with Crippen molar-refractivity contribution in [3.05, 3.63) is 95.0 Å². The minimum absolute atomic E-state index is 0.0916. The number of carbonyl (C=O) groups is 2. The number of rotatable bonds is 12. The molecule has 4 rings (SSSR count). The molecule has 1 aliphatic rings. The van der Waals surface area contributed by atoms with Crippen LogP contribution < -0.4 is 9.62 Å². The lowest BCUT2D eigenvalue weighted by Crippen LogP contribution is -2.53. The fourth-order valence-corrected chi connectivity index (χ4v) is 6.96. The fraction of sp³-hybridized carbons (Fsp3) is 0.375. The Morgan fingerprint density at radius 3 is 2.20 bits per heavy atom. The number of sulfonamides is 1. The number of aryl methyl sites for hydroxylation is 1. The van der Waals surface area contributed by atoms with E-state index in [1.807, 2.05) is 38.1 Å². The number of nitrogens with one attached hydrogen (secondary N) is 1. The van der Waals surface area contributed by atoms with Crippen molar-refractivity contribution in [3.63, 3.8) is 0 Å². The van der Waals surface area contributed by atoms with E-state index in [-0.39, 0.29) is 23.4 Å². The Bertz CT molecular complexity index is 1420. The van der Waals surface area contributed by atoms with Crippen LogP contribution >= 0.6 is 11.6 Å². The van der Waals surface area contributed by atoms with E-state index in [0.29, 0.717) is 23.6 Å². The second-order valence-corrected chi connectivity index (χ2v) is 12.7. The number of halogens is 1. The molecular weight excluding hydrogens is 558 g/mol. The number of hydrogen-bond acceptors (Lipinski definition) is 4. The average molecular weight is 596 g/mol. The predicted molar refractivity (Wildman–Crippen MR) is 163 cm³/mol. The molecule has 0 aromatic heterocycles.